The summed E-state index contributed by atoms with van der Waals surface area (Å²) in [5, 5.41) is 0. The summed E-state index contributed by atoms with van der Waals surface area (Å²) in [7, 11) is 0. The van der Waals surface area contributed by atoms with Crippen LogP contribution in [0.2, 0.25) is 0 Å². The van der Waals surface area contributed by atoms with Gasteiger partial charge in [0, 0.05) is 0 Å². The Kier molecular flexibility index (Phi) is 6.47. The lowest BCUT2D eigenvalue weighted by Crippen LogP contribution is -1.87. The van der Waals surface area contributed by atoms with E-state index in [0.717, 1.165) is 0 Å². The van der Waals surface area contributed by atoms with E-state index in [1.54, 1.807) is 5.57 Å². The molecule has 0 aromatic heterocycles. The molecular formula is C14H24. The Balaban J connectivity index is 2.40. The fourth-order valence-corrected chi connectivity index (χ4v) is 1.96. The van der Waals surface area contributed by atoms with Gasteiger partial charge in [0.1, 0.15) is 0 Å². The summed E-state index contributed by atoms with van der Waals surface area (Å²) < 4.78 is 0. The molecule has 0 saturated carbocycles. The fourth-order valence-electron chi connectivity index (χ4n) is 1.96. The van der Waals surface area contributed by atoms with Gasteiger partial charge in [0.25, 0.3) is 0 Å². The molecule has 0 nitrogen and oxygen atoms in total. The van der Waals surface area contributed by atoms with Gasteiger partial charge in [-0.05, 0) is 38.5 Å². The lowest BCUT2D eigenvalue weighted by Gasteiger charge is -2.07. The highest BCUT2D eigenvalue weighted by Gasteiger charge is 1.98. The van der Waals surface area contributed by atoms with Crippen molar-refractivity contribution >= 4 is 0 Å². The molecule has 0 radical (unpaired) electrons. The average Bonchev–Trinajstić information content (AvgIpc) is 2.23. The van der Waals surface area contributed by atoms with Crippen LogP contribution in [-0.2, 0) is 0 Å². The summed E-state index contributed by atoms with van der Waals surface area (Å²) >= 11 is 0. The molecule has 0 unspecified atom stereocenters. The van der Waals surface area contributed by atoms with Crippen molar-refractivity contribution < 1.29 is 0 Å². The van der Waals surface area contributed by atoms with Crippen molar-refractivity contribution in [2.45, 2.75) is 64.7 Å². The predicted octanol–water partition coefficient (Wildman–Crippen LogP) is 5.01. The quantitative estimate of drug-likeness (QED) is 0.589. The zero-order valence-corrected chi connectivity index (χ0v) is 9.60. The van der Waals surface area contributed by atoms with Crippen LogP contribution < -0.4 is 0 Å². The normalized spacial score (nSPS) is 19.1. The standard InChI is InChI=1S/C14H24/c1-2-3-11-14-12-9-7-5-4-6-8-10-13-14/h7,9,12H,2-6,8,10-11,13H2,1H3. The SMILES string of the molecule is CCCCC1=CC=CCCCCCC1. The van der Waals surface area contributed by atoms with Crippen LogP contribution in [0.4, 0.5) is 0 Å². The highest BCUT2D eigenvalue weighted by molar-refractivity contribution is 5.12. The molecule has 0 heteroatoms. The zero-order valence-electron chi connectivity index (χ0n) is 9.60. The van der Waals surface area contributed by atoms with Crippen LogP contribution in [0.1, 0.15) is 64.7 Å². The number of unbranched alkanes of at least 4 members (excludes halogenated alkanes) is 1. The van der Waals surface area contributed by atoms with Gasteiger partial charge in [0.05, 0.1) is 0 Å². The highest BCUT2D eigenvalue weighted by Crippen LogP contribution is 2.18. The van der Waals surface area contributed by atoms with Crippen LogP contribution in [-0.4, -0.2) is 0 Å². The predicted molar refractivity (Wildman–Crippen MR) is 64.5 cm³/mol. The van der Waals surface area contributed by atoms with Gasteiger partial charge in [0.2, 0.25) is 0 Å². The van der Waals surface area contributed by atoms with Gasteiger partial charge in [-0.25, -0.2) is 0 Å². The van der Waals surface area contributed by atoms with Crippen molar-refractivity contribution in [1.82, 2.24) is 0 Å². The number of hydrogen-bond donors (Lipinski definition) is 0. The number of hydrogen-bond acceptors (Lipinski definition) is 0. The Morgan fingerprint density at radius 3 is 2.86 bits per heavy atom. The summed E-state index contributed by atoms with van der Waals surface area (Å²) in [4.78, 5) is 0. The van der Waals surface area contributed by atoms with E-state index in [1.807, 2.05) is 0 Å². The third-order valence-corrected chi connectivity index (χ3v) is 2.94. The Morgan fingerprint density at radius 2 is 2.00 bits per heavy atom. The number of rotatable bonds is 3. The maximum Gasteiger partial charge on any atom is -0.0317 e. The second kappa shape index (κ2) is 7.84. The van der Waals surface area contributed by atoms with Crippen LogP contribution in [0.5, 0.6) is 0 Å². The molecule has 0 aromatic rings. The molecule has 80 valence electrons. The first-order chi connectivity index (χ1) is 6.93. The highest BCUT2D eigenvalue weighted by atomic mass is 14.0. The van der Waals surface area contributed by atoms with E-state index < -0.39 is 0 Å². The van der Waals surface area contributed by atoms with E-state index in [2.05, 4.69) is 25.2 Å². The molecule has 0 aromatic carbocycles. The summed E-state index contributed by atoms with van der Waals surface area (Å²) in [5.74, 6) is 0. The van der Waals surface area contributed by atoms with Crippen molar-refractivity contribution in [2.24, 2.45) is 0 Å². The Morgan fingerprint density at radius 1 is 1.14 bits per heavy atom. The van der Waals surface area contributed by atoms with Gasteiger partial charge in [-0.3, -0.25) is 0 Å². The summed E-state index contributed by atoms with van der Waals surface area (Å²) in [6, 6.07) is 0. The third kappa shape index (κ3) is 5.26. The van der Waals surface area contributed by atoms with Gasteiger partial charge in [-0.1, -0.05) is 50.0 Å². The van der Waals surface area contributed by atoms with Crippen LogP contribution >= 0.6 is 0 Å². The molecule has 0 spiro atoms. The zero-order chi connectivity index (χ0) is 10.1. The molecule has 0 heterocycles. The minimum absolute atomic E-state index is 1.28. The first kappa shape index (κ1) is 11.6. The van der Waals surface area contributed by atoms with Gasteiger partial charge >= 0.3 is 0 Å². The van der Waals surface area contributed by atoms with Crippen LogP contribution in [0.25, 0.3) is 0 Å². The van der Waals surface area contributed by atoms with Crippen molar-refractivity contribution in [2.75, 3.05) is 0 Å². The monoisotopic (exact) mass is 192 g/mol. The maximum absolute atomic E-state index is 2.36. The molecule has 0 saturated heterocycles. The van der Waals surface area contributed by atoms with E-state index in [-0.39, 0.29) is 0 Å². The molecule has 1 aliphatic rings. The van der Waals surface area contributed by atoms with E-state index in [1.165, 1.54) is 57.8 Å². The second-order valence-corrected chi connectivity index (χ2v) is 4.31. The molecule has 0 atom stereocenters. The smallest absolute Gasteiger partial charge is 0.0317 e. The molecule has 0 aliphatic heterocycles. The van der Waals surface area contributed by atoms with E-state index in [0.29, 0.717) is 0 Å². The molecule has 1 aliphatic carbocycles. The summed E-state index contributed by atoms with van der Waals surface area (Å²) in [6.07, 6.45) is 19.2. The van der Waals surface area contributed by atoms with Gasteiger partial charge in [-0.15, -0.1) is 0 Å². The van der Waals surface area contributed by atoms with Gasteiger partial charge < -0.3 is 0 Å². The average molecular weight is 192 g/mol. The minimum atomic E-state index is 1.28. The Bertz CT molecular complexity index is 186. The molecule has 0 bridgehead atoms. The first-order valence-electron chi connectivity index (χ1n) is 6.28. The Labute approximate surface area is 89.1 Å². The second-order valence-electron chi connectivity index (χ2n) is 4.31. The lowest BCUT2D eigenvalue weighted by atomic mass is 9.99. The van der Waals surface area contributed by atoms with E-state index in [4.69, 9.17) is 0 Å². The maximum atomic E-state index is 2.36. The van der Waals surface area contributed by atoms with Gasteiger partial charge in [0.15, 0.2) is 0 Å². The van der Waals surface area contributed by atoms with Crippen molar-refractivity contribution in [3.63, 3.8) is 0 Å². The molecule has 14 heavy (non-hydrogen) atoms. The topological polar surface area (TPSA) is 0 Å². The van der Waals surface area contributed by atoms with Crippen molar-refractivity contribution in [1.29, 1.82) is 0 Å². The van der Waals surface area contributed by atoms with Crippen molar-refractivity contribution in [3.05, 3.63) is 23.8 Å². The lowest BCUT2D eigenvalue weighted by molar-refractivity contribution is 0.628. The number of allylic oxidation sites excluding steroid dienone is 4. The molecule has 0 fully saturated rings. The molecule has 0 N–H and O–H groups in total. The van der Waals surface area contributed by atoms with E-state index in [9.17, 15) is 0 Å². The van der Waals surface area contributed by atoms with Crippen LogP contribution in [0.15, 0.2) is 23.8 Å². The largest absolute Gasteiger partial charge is 0.0845 e. The molecular weight excluding hydrogens is 168 g/mol. The minimum Gasteiger partial charge on any atom is -0.0845 e. The van der Waals surface area contributed by atoms with E-state index >= 15 is 0 Å². The Hall–Kier alpha value is -0.520. The van der Waals surface area contributed by atoms with Crippen LogP contribution in [0.3, 0.4) is 0 Å². The van der Waals surface area contributed by atoms with Crippen molar-refractivity contribution in [3.8, 4) is 0 Å². The summed E-state index contributed by atoms with van der Waals surface area (Å²) in [6.45, 7) is 2.27. The molecule has 0 amide bonds. The molecule has 1 rings (SSSR count). The summed E-state index contributed by atoms with van der Waals surface area (Å²) in [5.41, 5.74) is 1.67. The van der Waals surface area contributed by atoms with Gasteiger partial charge in [-0.2, -0.15) is 0 Å². The third-order valence-electron chi connectivity index (χ3n) is 2.94. The fraction of sp³-hybridized carbons (Fsp3) is 0.714. The van der Waals surface area contributed by atoms with Crippen LogP contribution in [0, 0.1) is 0 Å². The first-order valence-corrected chi connectivity index (χ1v) is 6.28.